The van der Waals surface area contributed by atoms with Crippen molar-refractivity contribution < 1.29 is 19.0 Å². The molecule has 7 heteroatoms. The van der Waals surface area contributed by atoms with Crippen molar-refractivity contribution in [3.05, 3.63) is 75.8 Å². The normalized spacial score (nSPS) is 10.1. The highest BCUT2D eigenvalue weighted by molar-refractivity contribution is 9.10. The summed E-state index contributed by atoms with van der Waals surface area (Å²) < 4.78 is 17.1. The van der Waals surface area contributed by atoms with Crippen LogP contribution in [0, 0.1) is 18.3 Å². The van der Waals surface area contributed by atoms with Gasteiger partial charge in [0.2, 0.25) is 0 Å². The lowest BCUT2D eigenvalue weighted by molar-refractivity contribution is 0.102. The summed E-state index contributed by atoms with van der Waals surface area (Å²) in [6.45, 7) is 1.88. The lowest BCUT2D eigenvalue weighted by atomic mass is 10.1. The van der Waals surface area contributed by atoms with Crippen LogP contribution >= 0.6 is 15.9 Å². The van der Waals surface area contributed by atoms with Crippen molar-refractivity contribution >= 4 is 27.5 Å². The highest BCUT2D eigenvalue weighted by Gasteiger charge is 2.15. The third-order valence-corrected chi connectivity index (χ3v) is 5.15. The topological polar surface area (TPSA) is 80.6 Å². The van der Waals surface area contributed by atoms with Gasteiger partial charge in [-0.3, -0.25) is 4.79 Å². The first kappa shape index (κ1) is 21.2. The average Bonchev–Trinajstić information content (AvgIpc) is 2.76. The lowest BCUT2D eigenvalue weighted by Crippen LogP contribution is -2.13. The first-order valence-corrected chi connectivity index (χ1v) is 9.76. The van der Waals surface area contributed by atoms with Gasteiger partial charge in [0.05, 0.1) is 25.9 Å². The van der Waals surface area contributed by atoms with Crippen molar-refractivity contribution in [2.24, 2.45) is 0 Å². The minimum absolute atomic E-state index is 0.289. The third kappa shape index (κ3) is 4.73. The van der Waals surface area contributed by atoms with Gasteiger partial charge in [0.15, 0.2) is 0 Å². The number of hydrogen-bond acceptors (Lipinski definition) is 5. The largest absolute Gasteiger partial charge is 0.495 e. The number of methoxy groups -OCH3 is 2. The lowest BCUT2D eigenvalue weighted by Gasteiger charge is -2.13. The van der Waals surface area contributed by atoms with Crippen LogP contribution in [0.2, 0.25) is 0 Å². The maximum absolute atomic E-state index is 12.8. The molecular formula is C23H19BrN2O4. The number of ether oxygens (including phenoxy) is 3. The monoisotopic (exact) mass is 466 g/mol. The summed E-state index contributed by atoms with van der Waals surface area (Å²) in [6, 6.07) is 17.6. The number of anilines is 1. The highest BCUT2D eigenvalue weighted by Crippen LogP contribution is 2.36. The van der Waals surface area contributed by atoms with E-state index < -0.39 is 0 Å². The van der Waals surface area contributed by atoms with Crippen LogP contribution in [-0.2, 0) is 0 Å². The molecule has 1 amide bonds. The molecule has 0 aliphatic heterocycles. The van der Waals surface area contributed by atoms with E-state index in [-0.39, 0.29) is 5.91 Å². The van der Waals surface area contributed by atoms with Crippen molar-refractivity contribution in [3.63, 3.8) is 0 Å². The molecule has 0 aromatic heterocycles. The van der Waals surface area contributed by atoms with E-state index in [4.69, 9.17) is 19.5 Å². The Kier molecular flexibility index (Phi) is 6.60. The van der Waals surface area contributed by atoms with E-state index in [1.807, 2.05) is 13.0 Å². The van der Waals surface area contributed by atoms with Gasteiger partial charge in [0.25, 0.3) is 5.91 Å². The fourth-order valence-corrected chi connectivity index (χ4v) is 3.32. The molecule has 0 bridgehead atoms. The molecule has 1 N–H and O–H groups in total. The predicted molar refractivity (Wildman–Crippen MR) is 118 cm³/mol. The number of carbonyl (C=O) groups is 1. The quantitative estimate of drug-likeness (QED) is 0.504. The second kappa shape index (κ2) is 9.33. The Bertz CT molecular complexity index is 1100. The van der Waals surface area contributed by atoms with E-state index in [0.29, 0.717) is 44.3 Å². The molecule has 0 spiro atoms. The molecule has 0 atom stereocenters. The number of rotatable bonds is 6. The van der Waals surface area contributed by atoms with Crippen molar-refractivity contribution in [3.8, 4) is 29.1 Å². The van der Waals surface area contributed by atoms with Crippen LogP contribution in [0.3, 0.4) is 0 Å². The smallest absolute Gasteiger partial charge is 0.255 e. The number of amides is 1. The minimum atomic E-state index is -0.289. The van der Waals surface area contributed by atoms with E-state index in [1.54, 1.807) is 48.5 Å². The zero-order valence-corrected chi connectivity index (χ0v) is 18.2. The molecule has 0 aliphatic carbocycles. The van der Waals surface area contributed by atoms with E-state index >= 15 is 0 Å². The summed E-state index contributed by atoms with van der Waals surface area (Å²) in [5.74, 6) is 1.97. The first-order valence-electron chi connectivity index (χ1n) is 8.96. The number of carbonyl (C=O) groups excluding carboxylic acids is 1. The summed E-state index contributed by atoms with van der Waals surface area (Å²) in [4.78, 5) is 12.8. The Morgan fingerprint density at radius 3 is 2.10 bits per heavy atom. The molecule has 3 rings (SSSR count). The summed E-state index contributed by atoms with van der Waals surface area (Å²) in [5, 5.41) is 11.8. The van der Waals surface area contributed by atoms with Crippen molar-refractivity contribution in [1.29, 1.82) is 5.26 Å². The van der Waals surface area contributed by atoms with Gasteiger partial charge >= 0.3 is 0 Å². The van der Waals surface area contributed by atoms with Gasteiger partial charge in [-0.2, -0.15) is 5.26 Å². The molecule has 0 heterocycles. The van der Waals surface area contributed by atoms with Gasteiger partial charge in [-0.1, -0.05) is 0 Å². The number of nitriles is 1. The highest BCUT2D eigenvalue weighted by atomic mass is 79.9. The van der Waals surface area contributed by atoms with Gasteiger partial charge < -0.3 is 19.5 Å². The van der Waals surface area contributed by atoms with E-state index in [2.05, 4.69) is 27.3 Å². The summed E-state index contributed by atoms with van der Waals surface area (Å²) >= 11 is 3.39. The Morgan fingerprint density at radius 2 is 1.57 bits per heavy atom. The van der Waals surface area contributed by atoms with Crippen molar-refractivity contribution in [2.75, 3.05) is 19.5 Å². The number of nitrogens with zero attached hydrogens (tertiary/aromatic N) is 1. The number of hydrogen-bond donors (Lipinski definition) is 1. The SMILES string of the molecule is COc1cc(C(=O)Nc2ccc(Oc3ccc(C#N)cc3)cc2C)cc(OC)c1Br. The summed E-state index contributed by atoms with van der Waals surface area (Å²) in [7, 11) is 3.05. The third-order valence-electron chi connectivity index (χ3n) is 4.37. The summed E-state index contributed by atoms with van der Waals surface area (Å²) in [5.41, 5.74) is 2.47. The number of aryl methyl sites for hydroxylation is 1. The van der Waals surface area contributed by atoms with E-state index in [1.165, 1.54) is 14.2 Å². The molecule has 0 saturated heterocycles. The Hall–Kier alpha value is -3.50. The molecule has 0 unspecified atom stereocenters. The van der Waals surface area contributed by atoms with Gasteiger partial charge in [0, 0.05) is 11.3 Å². The average molecular weight is 467 g/mol. The number of halogens is 1. The maximum atomic E-state index is 12.8. The molecule has 0 radical (unpaired) electrons. The minimum Gasteiger partial charge on any atom is -0.495 e. The van der Waals surface area contributed by atoms with Crippen LogP contribution in [-0.4, -0.2) is 20.1 Å². The molecule has 3 aromatic carbocycles. The Morgan fingerprint density at radius 1 is 0.967 bits per heavy atom. The Balaban J connectivity index is 1.77. The zero-order chi connectivity index (χ0) is 21.7. The zero-order valence-electron chi connectivity index (χ0n) is 16.7. The fraction of sp³-hybridized carbons (Fsp3) is 0.130. The van der Waals surface area contributed by atoms with Crippen LogP contribution in [0.4, 0.5) is 5.69 Å². The number of nitrogens with one attached hydrogen (secondary N) is 1. The van der Waals surface area contributed by atoms with Crippen LogP contribution in [0.15, 0.2) is 59.1 Å². The molecule has 0 saturated carbocycles. The molecule has 3 aromatic rings. The van der Waals surface area contributed by atoms with Crippen molar-refractivity contribution in [1.82, 2.24) is 0 Å². The molecule has 6 nitrogen and oxygen atoms in total. The van der Waals surface area contributed by atoms with Gasteiger partial charge in [-0.05, 0) is 83.0 Å². The first-order chi connectivity index (χ1) is 14.4. The predicted octanol–water partition coefficient (Wildman–Crippen LogP) is 5.69. The van der Waals surface area contributed by atoms with Gasteiger partial charge in [-0.25, -0.2) is 0 Å². The second-order valence-corrected chi connectivity index (χ2v) is 7.16. The van der Waals surface area contributed by atoms with Gasteiger partial charge in [0.1, 0.15) is 27.5 Å². The molecular weight excluding hydrogens is 448 g/mol. The standard InChI is InChI=1S/C23H19BrN2O4/c1-14-10-18(30-17-6-4-15(13-25)5-7-17)8-9-19(14)26-23(27)16-11-20(28-2)22(24)21(12-16)29-3/h4-12H,1-3H3,(H,26,27). The maximum Gasteiger partial charge on any atom is 0.255 e. The van der Waals surface area contributed by atoms with Crippen LogP contribution in [0.25, 0.3) is 0 Å². The molecule has 30 heavy (non-hydrogen) atoms. The number of benzene rings is 3. The second-order valence-electron chi connectivity index (χ2n) is 6.36. The van der Waals surface area contributed by atoms with Crippen LogP contribution < -0.4 is 19.5 Å². The molecule has 0 fully saturated rings. The van der Waals surface area contributed by atoms with E-state index in [0.717, 1.165) is 5.56 Å². The van der Waals surface area contributed by atoms with E-state index in [9.17, 15) is 4.79 Å². The van der Waals surface area contributed by atoms with Crippen molar-refractivity contribution in [2.45, 2.75) is 6.92 Å². The summed E-state index contributed by atoms with van der Waals surface area (Å²) in [6.07, 6.45) is 0. The Labute approximate surface area is 183 Å². The fourth-order valence-electron chi connectivity index (χ4n) is 2.77. The van der Waals surface area contributed by atoms with Crippen LogP contribution in [0.1, 0.15) is 21.5 Å². The van der Waals surface area contributed by atoms with Crippen LogP contribution in [0.5, 0.6) is 23.0 Å². The van der Waals surface area contributed by atoms with Gasteiger partial charge in [-0.15, -0.1) is 0 Å². The molecule has 0 aliphatic rings. The molecule has 152 valence electrons.